The predicted octanol–water partition coefficient (Wildman–Crippen LogP) is 12.4. The molecule has 0 saturated carbocycles. The molecular weight excluding hydrogens is 809 g/mol. The van der Waals surface area contributed by atoms with Gasteiger partial charge in [0.15, 0.2) is 5.78 Å². The number of allylic oxidation sites excluding steroid dienone is 2. The van der Waals surface area contributed by atoms with Gasteiger partial charge in [0.1, 0.15) is 6.07 Å². The van der Waals surface area contributed by atoms with E-state index in [1.807, 2.05) is 39.0 Å². The predicted molar refractivity (Wildman–Crippen MR) is 203 cm³/mol. The van der Waals surface area contributed by atoms with Crippen LogP contribution in [0.25, 0.3) is 41.5 Å². The second-order valence-electron chi connectivity index (χ2n) is 13.9. The molecule has 7 heteroatoms. The van der Waals surface area contributed by atoms with Crippen molar-refractivity contribution < 1.29 is 30.0 Å². The number of ketones is 1. The van der Waals surface area contributed by atoms with Crippen molar-refractivity contribution in [2.45, 2.75) is 101 Å². The van der Waals surface area contributed by atoms with E-state index in [0.29, 0.717) is 5.56 Å². The molecule has 0 fully saturated rings. The molecule has 0 atom stereocenters. The minimum atomic E-state index is 0. The minimum absolute atomic E-state index is 0. The summed E-state index contributed by atoms with van der Waals surface area (Å²) < 4.78 is 3.68. The van der Waals surface area contributed by atoms with E-state index >= 15 is 0 Å². The number of hydrogen-bond acceptors (Lipinski definition) is 6. The van der Waals surface area contributed by atoms with E-state index < -0.39 is 0 Å². The monoisotopic (exact) mass is 858 g/mol. The van der Waals surface area contributed by atoms with Crippen molar-refractivity contribution in [3.63, 3.8) is 0 Å². The Labute approximate surface area is 308 Å². The number of benzene rings is 2. The topological polar surface area (TPSA) is 74.0 Å². The summed E-state index contributed by atoms with van der Waals surface area (Å²) in [5, 5.41) is 23.1. The van der Waals surface area contributed by atoms with E-state index in [9.17, 15) is 15.2 Å². The van der Waals surface area contributed by atoms with Crippen LogP contribution >= 0.6 is 22.7 Å². The van der Waals surface area contributed by atoms with Crippen LogP contribution in [0, 0.1) is 55.4 Å². The molecule has 0 aliphatic rings. The molecule has 2 aromatic carbocycles. The molecular formula is C41H49IrN2O2S2-. The molecule has 0 aliphatic heterocycles. The number of thiophene rings is 2. The number of pyridine rings is 1. The Morgan fingerprint density at radius 3 is 2.12 bits per heavy atom. The van der Waals surface area contributed by atoms with Gasteiger partial charge in [0, 0.05) is 70.3 Å². The summed E-state index contributed by atoms with van der Waals surface area (Å²) in [5.74, 6) is 0.547. The first-order valence-corrected chi connectivity index (χ1v) is 18.5. The van der Waals surface area contributed by atoms with Gasteiger partial charge in [-0.2, -0.15) is 5.26 Å². The molecule has 1 radical (unpaired) electrons. The van der Waals surface area contributed by atoms with E-state index in [2.05, 4.69) is 77.9 Å². The molecule has 0 aliphatic carbocycles. The summed E-state index contributed by atoms with van der Waals surface area (Å²) in [5.41, 5.74) is 6.49. The number of nitriles is 1. The Morgan fingerprint density at radius 2 is 1.56 bits per heavy atom. The van der Waals surface area contributed by atoms with E-state index in [0.717, 1.165) is 64.4 Å². The average Bonchev–Trinajstić information content (AvgIpc) is 3.55. The van der Waals surface area contributed by atoms with Crippen LogP contribution in [0.1, 0.15) is 101 Å². The first-order valence-electron chi connectivity index (χ1n) is 16.9. The van der Waals surface area contributed by atoms with Crippen molar-refractivity contribution >= 4 is 58.7 Å². The fraction of sp³-hybridized carbons (Fsp3) is 0.439. The van der Waals surface area contributed by atoms with Crippen LogP contribution in [0.2, 0.25) is 0 Å². The SMILES string of the molecule is CCC(CC)C(=O)/C=C(\O)C(CC)CC.Cc1[c-]c(-c2ncc(C#N)c3c2sc2c3ccc3c(C)c(CC(C)(C)C)sc32)cc(C)c1.[Ir]. The fourth-order valence-corrected chi connectivity index (χ4v) is 9.37. The standard InChI is InChI=1S/C28H25N2S2.C13H24O2.Ir/c1-15-9-16(2)11-18(10-15)24-27-23(19(13-29)14-30-24)21-8-7-20-17(3)22(12-28(4,5)6)31-25(20)26(21)32-27;1-5-10(6-2)12(14)9-13(15)11(7-3)8-4;/h7-10,14H,12H2,1-6H3;9-11,14H,5-8H2,1-4H3;/q-1;;/b;12-9-;. The first kappa shape index (κ1) is 39.6. The third kappa shape index (κ3) is 8.64. The number of aliphatic hydroxyl groups is 1. The largest absolute Gasteiger partial charge is 0.512 e. The van der Waals surface area contributed by atoms with Crippen molar-refractivity contribution in [3.8, 4) is 17.3 Å². The number of hydrogen-bond donors (Lipinski definition) is 1. The average molecular weight is 858 g/mol. The summed E-state index contributed by atoms with van der Waals surface area (Å²) >= 11 is 3.69. The van der Waals surface area contributed by atoms with Gasteiger partial charge < -0.3 is 10.1 Å². The summed E-state index contributed by atoms with van der Waals surface area (Å²) in [6.07, 6.45) is 7.70. The molecule has 3 heterocycles. The molecule has 3 aromatic heterocycles. The number of aliphatic hydroxyl groups excluding tert-OH is 1. The van der Waals surface area contributed by atoms with Gasteiger partial charge >= 0.3 is 0 Å². The van der Waals surface area contributed by atoms with Gasteiger partial charge in [0.2, 0.25) is 0 Å². The fourth-order valence-electron chi connectivity index (χ4n) is 6.30. The van der Waals surface area contributed by atoms with Crippen LogP contribution in [0.5, 0.6) is 0 Å². The maximum absolute atomic E-state index is 11.7. The number of rotatable bonds is 9. The van der Waals surface area contributed by atoms with Crippen molar-refractivity contribution in [3.05, 3.63) is 75.5 Å². The molecule has 4 nitrogen and oxygen atoms in total. The van der Waals surface area contributed by atoms with Crippen LogP contribution in [-0.4, -0.2) is 15.9 Å². The number of nitrogens with zero attached hydrogens (tertiary/aromatic N) is 2. The smallest absolute Gasteiger partial charge is 0.162 e. The molecule has 0 saturated heterocycles. The summed E-state index contributed by atoms with van der Waals surface area (Å²) in [6.45, 7) is 21.4. The molecule has 257 valence electrons. The number of aryl methyl sites for hydroxylation is 3. The molecule has 0 spiro atoms. The van der Waals surface area contributed by atoms with Crippen LogP contribution in [0.3, 0.4) is 0 Å². The zero-order valence-electron chi connectivity index (χ0n) is 30.1. The molecule has 0 bridgehead atoms. The molecule has 0 unspecified atom stereocenters. The third-order valence-corrected chi connectivity index (χ3v) is 11.6. The number of carbonyl (C=O) groups excluding carboxylic acids is 1. The molecule has 5 rings (SSSR count). The molecule has 1 N–H and O–H groups in total. The van der Waals surface area contributed by atoms with Crippen LogP contribution in [0.4, 0.5) is 0 Å². The summed E-state index contributed by atoms with van der Waals surface area (Å²) in [6, 6.07) is 14.6. The van der Waals surface area contributed by atoms with Gasteiger partial charge in [-0.3, -0.25) is 4.79 Å². The van der Waals surface area contributed by atoms with Crippen LogP contribution in [-0.2, 0) is 31.3 Å². The first-order chi connectivity index (χ1) is 22.3. The number of aromatic nitrogens is 1. The van der Waals surface area contributed by atoms with Crippen molar-refractivity contribution in [2.75, 3.05) is 0 Å². The Kier molecular flexibility index (Phi) is 13.7. The van der Waals surface area contributed by atoms with Crippen LogP contribution < -0.4 is 0 Å². The quantitative estimate of drug-likeness (QED) is 0.0910. The van der Waals surface area contributed by atoms with Crippen molar-refractivity contribution in [1.29, 1.82) is 5.26 Å². The number of carbonyl (C=O) groups is 1. The Balaban J connectivity index is 0.000000334. The van der Waals surface area contributed by atoms with E-state index in [-0.39, 0.29) is 48.9 Å². The maximum atomic E-state index is 11.7. The second kappa shape index (κ2) is 16.7. The maximum Gasteiger partial charge on any atom is 0.162 e. The Morgan fingerprint density at radius 1 is 0.958 bits per heavy atom. The van der Waals surface area contributed by atoms with Gasteiger partial charge in [0.25, 0.3) is 0 Å². The summed E-state index contributed by atoms with van der Waals surface area (Å²) in [7, 11) is 0. The third-order valence-electron chi connectivity index (χ3n) is 8.96. The zero-order valence-corrected chi connectivity index (χ0v) is 34.1. The van der Waals surface area contributed by atoms with Gasteiger partial charge in [-0.1, -0.05) is 74.4 Å². The zero-order chi connectivity index (χ0) is 34.6. The minimum Gasteiger partial charge on any atom is -0.512 e. The van der Waals surface area contributed by atoms with Crippen molar-refractivity contribution in [2.24, 2.45) is 17.3 Å². The van der Waals surface area contributed by atoms with Gasteiger partial charge in [-0.15, -0.1) is 57.6 Å². The Bertz CT molecular complexity index is 1960. The molecule has 5 aromatic rings. The second-order valence-corrected chi connectivity index (χ2v) is 16.0. The molecule has 0 amide bonds. The van der Waals surface area contributed by atoms with Gasteiger partial charge in [0.05, 0.1) is 20.7 Å². The normalized spacial score (nSPS) is 12.0. The summed E-state index contributed by atoms with van der Waals surface area (Å²) in [4.78, 5) is 17.9. The van der Waals surface area contributed by atoms with Crippen molar-refractivity contribution in [1.82, 2.24) is 4.98 Å². The number of fused-ring (bicyclic) bond motifs is 5. The Hall–Kier alpha value is -2.88. The van der Waals surface area contributed by atoms with Gasteiger partial charge in [-0.05, 0) is 55.4 Å². The van der Waals surface area contributed by atoms with E-state index in [4.69, 9.17) is 4.98 Å². The van der Waals surface area contributed by atoms with Crippen LogP contribution in [0.15, 0.2) is 42.3 Å². The van der Waals surface area contributed by atoms with E-state index in [1.54, 1.807) is 17.5 Å². The van der Waals surface area contributed by atoms with Gasteiger partial charge in [-0.25, -0.2) is 0 Å². The molecule has 48 heavy (non-hydrogen) atoms. The van der Waals surface area contributed by atoms with E-state index in [1.165, 1.54) is 36.9 Å².